The van der Waals surface area contributed by atoms with Crippen LogP contribution >= 0.6 is 0 Å². The van der Waals surface area contributed by atoms with Crippen molar-refractivity contribution in [2.45, 2.75) is 32.9 Å². The zero-order valence-corrected chi connectivity index (χ0v) is 14.6. The maximum absolute atomic E-state index is 12.5. The van der Waals surface area contributed by atoms with Crippen LogP contribution in [0.1, 0.15) is 29.7 Å². The van der Waals surface area contributed by atoms with Crippen LogP contribution in [0.25, 0.3) is 0 Å². The van der Waals surface area contributed by atoms with Gasteiger partial charge in [0.2, 0.25) is 0 Å². The summed E-state index contributed by atoms with van der Waals surface area (Å²) in [6.07, 6.45) is 2.43. The molecule has 4 rings (SSSR count). The Morgan fingerprint density at radius 2 is 1.92 bits per heavy atom. The van der Waals surface area contributed by atoms with E-state index in [1.165, 1.54) is 18.4 Å². The zero-order valence-electron chi connectivity index (χ0n) is 14.6. The Morgan fingerprint density at radius 1 is 1.12 bits per heavy atom. The first kappa shape index (κ1) is 15.9. The second kappa shape index (κ2) is 6.75. The van der Waals surface area contributed by atoms with Crippen molar-refractivity contribution >= 4 is 11.7 Å². The number of aromatic nitrogens is 1. The number of hydrogen-bond donors (Lipinski definition) is 0. The van der Waals surface area contributed by atoms with Gasteiger partial charge in [-0.05, 0) is 43.0 Å². The summed E-state index contributed by atoms with van der Waals surface area (Å²) >= 11 is 0. The van der Waals surface area contributed by atoms with Gasteiger partial charge in [-0.3, -0.25) is 4.79 Å². The zero-order chi connectivity index (χ0) is 17.2. The van der Waals surface area contributed by atoms with Crippen molar-refractivity contribution in [3.8, 4) is 5.75 Å². The van der Waals surface area contributed by atoms with Gasteiger partial charge in [0.15, 0.2) is 6.61 Å². The van der Waals surface area contributed by atoms with Gasteiger partial charge >= 0.3 is 0 Å². The number of fused-ring (bicyclic) bond motifs is 1. The molecule has 1 amide bonds. The number of amides is 1. The average Bonchev–Trinajstić information content (AvgIpc) is 3.11. The first-order valence-electron chi connectivity index (χ1n) is 8.90. The van der Waals surface area contributed by atoms with Crippen LogP contribution in [0.4, 0.5) is 5.82 Å². The largest absolute Gasteiger partial charge is 0.482 e. The number of hydrogen-bond acceptors (Lipinski definition) is 4. The van der Waals surface area contributed by atoms with E-state index in [-0.39, 0.29) is 12.5 Å². The van der Waals surface area contributed by atoms with Crippen LogP contribution < -0.4 is 9.64 Å². The fourth-order valence-corrected chi connectivity index (χ4v) is 3.48. The van der Waals surface area contributed by atoms with Crippen molar-refractivity contribution < 1.29 is 9.53 Å². The summed E-state index contributed by atoms with van der Waals surface area (Å²) in [6.45, 7) is 5.33. The van der Waals surface area contributed by atoms with Gasteiger partial charge in [0, 0.05) is 19.6 Å². The number of carbonyl (C=O) groups is 1. The molecule has 3 heterocycles. The molecule has 5 nitrogen and oxygen atoms in total. The highest BCUT2D eigenvalue weighted by atomic mass is 16.5. The van der Waals surface area contributed by atoms with Crippen molar-refractivity contribution in [3.05, 3.63) is 53.2 Å². The molecule has 0 radical (unpaired) electrons. The number of carbonyl (C=O) groups excluding carboxylic acids is 1. The van der Waals surface area contributed by atoms with Gasteiger partial charge in [-0.1, -0.05) is 24.3 Å². The van der Waals surface area contributed by atoms with Crippen LogP contribution in [0.15, 0.2) is 36.4 Å². The quantitative estimate of drug-likeness (QED) is 0.864. The van der Waals surface area contributed by atoms with Crippen LogP contribution in [0.3, 0.4) is 0 Å². The van der Waals surface area contributed by atoms with Crippen LogP contribution in [0.2, 0.25) is 0 Å². The van der Waals surface area contributed by atoms with E-state index in [9.17, 15) is 4.79 Å². The maximum atomic E-state index is 12.5. The number of nitrogens with zero attached hydrogens (tertiary/aromatic N) is 3. The molecule has 1 aromatic carbocycles. The lowest BCUT2D eigenvalue weighted by Gasteiger charge is -2.22. The van der Waals surface area contributed by atoms with Crippen LogP contribution in [0.5, 0.6) is 5.75 Å². The third-order valence-corrected chi connectivity index (χ3v) is 5.01. The van der Waals surface area contributed by atoms with Crippen molar-refractivity contribution in [2.75, 3.05) is 24.6 Å². The summed E-state index contributed by atoms with van der Waals surface area (Å²) in [5.41, 5.74) is 3.21. The molecular formula is C20H23N3O2. The molecule has 0 saturated carbocycles. The number of aryl methyl sites for hydroxylation is 1. The molecule has 5 heteroatoms. The molecule has 0 atom stereocenters. The summed E-state index contributed by atoms with van der Waals surface area (Å²) < 4.78 is 5.70. The Bertz CT molecular complexity index is 784. The van der Waals surface area contributed by atoms with E-state index in [0.717, 1.165) is 35.9 Å². The Balaban J connectivity index is 1.59. The van der Waals surface area contributed by atoms with Gasteiger partial charge in [-0.25, -0.2) is 4.98 Å². The monoisotopic (exact) mass is 337 g/mol. The number of anilines is 1. The third-order valence-electron chi connectivity index (χ3n) is 5.01. The molecule has 2 aromatic rings. The first-order chi connectivity index (χ1) is 12.2. The van der Waals surface area contributed by atoms with Crippen molar-refractivity contribution in [3.63, 3.8) is 0 Å². The fraction of sp³-hybridized carbons (Fsp3) is 0.400. The molecule has 25 heavy (non-hydrogen) atoms. The molecule has 0 spiro atoms. The predicted octanol–water partition coefficient (Wildman–Crippen LogP) is 2.91. The van der Waals surface area contributed by atoms with E-state index >= 15 is 0 Å². The highest BCUT2D eigenvalue weighted by Crippen LogP contribution is 2.27. The van der Waals surface area contributed by atoms with Gasteiger partial charge < -0.3 is 14.5 Å². The third kappa shape index (κ3) is 3.31. The van der Waals surface area contributed by atoms with Gasteiger partial charge in [0.25, 0.3) is 5.91 Å². The van der Waals surface area contributed by atoms with E-state index < -0.39 is 0 Å². The summed E-state index contributed by atoms with van der Waals surface area (Å²) in [5.74, 6) is 1.72. The highest BCUT2D eigenvalue weighted by molar-refractivity contribution is 5.78. The summed E-state index contributed by atoms with van der Waals surface area (Å²) in [6, 6.07) is 12.1. The number of pyridine rings is 1. The van der Waals surface area contributed by atoms with E-state index in [0.29, 0.717) is 13.1 Å². The second-order valence-electron chi connectivity index (χ2n) is 6.77. The Labute approximate surface area is 148 Å². The fourth-order valence-electron chi connectivity index (χ4n) is 3.48. The Hall–Kier alpha value is -2.56. The molecule has 130 valence electrons. The number of benzene rings is 1. The van der Waals surface area contributed by atoms with Crippen LogP contribution in [-0.4, -0.2) is 35.5 Å². The molecule has 1 fully saturated rings. The summed E-state index contributed by atoms with van der Waals surface area (Å²) in [5, 5.41) is 0. The summed E-state index contributed by atoms with van der Waals surface area (Å²) in [4.78, 5) is 21.5. The van der Waals surface area contributed by atoms with E-state index in [4.69, 9.17) is 9.72 Å². The van der Waals surface area contributed by atoms with Gasteiger partial charge in [0.05, 0.1) is 6.54 Å². The minimum Gasteiger partial charge on any atom is -0.482 e. The summed E-state index contributed by atoms with van der Waals surface area (Å²) in [7, 11) is 0. The second-order valence-corrected chi connectivity index (χ2v) is 6.77. The van der Waals surface area contributed by atoms with Gasteiger partial charge in [-0.15, -0.1) is 0 Å². The lowest BCUT2D eigenvalue weighted by Crippen LogP contribution is -2.32. The van der Waals surface area contributed by atoms with Crippen molar-refractivity contribution in [1.82, 2.24) is 9.88 Å². The molecule has 0 aliphatic carbocycles. The van der Waals surface area contributed by atoms with Crippen LogP contribution in [0, 0.1) is 6.92 Å². The molecule has 2 aliphatic rings. The highest BCUT2D eigenvalue weighted by Gasteiger charge is 2.24. The number of rotatable bonds is 3. The van der Waals surface area contributed by atoms with Crippen molar-refractivity contribution in [1.29, 1.82) is 0 Å². The molecule has 1 saturated heterocycles. The van der Waals surface area contributed by atoms with Gasteiger partial charge in [0.1, 0.15) is 17.3 Å². The van der Waals surface area contributed by atoms with Gasteiger partial charge in [-0.2, -0.15) is 0 Å². The Kier molecular flexibility index (Phi) is 4.30. The minimum absolute atomic E-state index is 0.00368. The standard InChI is InChI=1S/C20H23N3O2/c1-15-6-2-3-7-16(15)12-23-13-17-18(25-14-20(23)24)8-9-19(21-17)22-10-4-5-11-22/h2-3,6-9H,4-5,10-14H2,1H3. The Morgan fingerprint density at radius 3 is 2.72 bits per heavy atom. The molecule has 1 aromatic heterocycles. The molecule has 0 unspecified atom stereocenters. The lowest BCUT2D eigenvalue weighted by molar-refractivity contribution is -0.133. The molecule has 0 N–H and O–H groups in total. The molecule has 2 aliphatic heterocycles. The minimum atomic E-state index is 0.00368. The average molecular weight is 337 g/mol. The molecular weight excluding hydrogens is 314 g/mol. The predicted molar refractivity (Wildman–Crippen MR) is 96.6 cm³/mol. The SMILES string of the molecule is Cc1ccccc1CN1Cc2nc(N3CCCC3)ccc2OCC1=O. The van der Waals surface area contributed by atoms with Crippen molar-refractivity contribution in [2.24, 2.45) is 0 Å². The first-order valence-corrected chi connectivity index (χ1v) is 8.90. The maximum Gasteiger partial charge on any atom is 0.261 e. The lowest BCUT2D eigenvalue weighted by atomic mass is 10.1. The number of ether oxygens (including phenoxy) is 1. The topological polar surface area (TPSA) is 45.7 Å². The van der Waals surface area contributed by atoms with Crippen LogP contribution in [-0.2, 0) is 17.9 Å². The normalized spacial score (nSPS) is 17.2. The van der Waals surface area contributed by atoms with E-state index in [1.807, 2.05) is 29.2 Å². The smallest absolute Gasteiger partial charge is 0.261 e. The molecule has 0 bridgehead atoms. The van der Waals surface area contributed by atoms with E-state index in [2.05, 4.69) is 24.0 Å². The van der Waals surface area contributed by atoms with E-state index in [1.54, 1.807) is 0 Å².